The fraction of sp³-hybridized carbons (Fsp3) is 0.571. The highest BCUT2D eigenvalue weighted by Crippen LogP contribution is 2.38. The number of likely N-dealkylation sites (N-methyl/N-ethyl adjacent to an activating group) is 1. The highest BCUT2D eigenvalue weighted by molar-refractivity contribution is 6.11. The number of carbonyl (C=O) groups is 3. The molecule has 1 aliphatic rings. The molecule has 1 unspecified atom stereocenters. The molecule has 7 nitrogen and oxygen atoms in total. The molecule has 1 heterocycles. The van der Waals surface area contributed by atoms with Crippen LogP contribution in [0.25, 0.3) is 0 Å². The van der Waals surface area contributed by atoms with Crippen molar-refractivity contribution in [1.82, 2.24) is 9.80 Å². The lowest BCUT2D eigenvalue weighted by Crippen LogP contribution is -2.51. The number of ether oxygens (including phenoxy) is 1. The van der Waals surface area contributed by atoms with Gasteiger partial charge in [-0.25, -0.2) is 4.79 Å². The molecule has 0 aliphatic carbocycles. The number of amides is 3. The second-order valence-electron chi connectivity index (χ2n) is 7.46. The number of ketones is 1. The molecule has 2 rings (SSSR count). The average Bonchev–Trinajstić information content (AvgIpc) is 2.83. The summed E-state index contributed by atoms with van der Waals surface area (Å²) in [6, 6.07) is 3.80. The van der Waals surface area contributed by atoms with Crippen LogP contribution in [0.2, 0.25) is 0 Å². The molecular formula is C21H30N2O5. The average molecular weight is 390 g/mol. The fourth-order valence-electron chi connectivity index (χ4n) is 3.97. The van der Waals surface area contributed by atoms with E-state index < -0.39 is 17.4 Å². The van der Waals surface area contributed by atoms with Crippen molar-refractivity contribution in [3.8, 4) is 11.5 Å². The van der Waals surface area contributed by atoms with Gasteiger partial charge in [-0.15, -0.1) is 0 Å². The molecule has 0 bridgehead atoms. The molecule has 1 aromatic carbocycles. The molecule has 3 amide bonds. The predicted octanol–water partition coefficient (Wildman–Crippen LogP) is 3.45. The summed E-state index contributed by atoms with van der Waals surface area (Å²) in [6.45, 7) is 5.57. The number of Topliss-reactive ketones (excluding diaryl/α,β-unsaturated/α-hetero) is 1. The van der Waals surface area contributed by atoms with Gasteiger partial charge in [-0.1, -0.05) is 26.7 Å². The van der Waals surface area contributed by atoms with E-state index in [1.807, 2.05) is 0 Å². The first-order chi connectivity index (χ1) is 13.2. The first kappa shape index (κ1) is 21.7. The Labute approximate surface area is 166 Å². The van der Waals surface area contributed by atoms with E-state index in [2.05, 4.69) is 13.8 Å². The summed E-state index contributed by atoms with van der Waals surface area (Å²) in [5.41, 5.74) is -0.736. The van der Waals surface area contributed by atoms with Crippen molar-refractivity contribution in [3.63, 3.8) is 0 Å². The monoisotopic (exact) mass is 390 g/mol. The van der Waals surface area contributed by atoms with E-state index in [0.717, 1.165) is 30.6 Å². The maximum atomic E-state index is 13.2. The predicted molar refractivity (Wildman–Crippen MR) is 106 cm³/mol. The lowest BCUT2D eigenvalue weighted by Gasteiger charge is -2.36. The van der Waals surface area contributed by atoms with Gasteiger partial charge >= 0.3 is 6.03 Å². The number of hydrogen-bond donors (Lipinski definition) is 1. The number of phenols is 1. The third-order valence-electron chi connectivity index (χ3n) is 5.76. The standard InChI is InChI=1S/C21H30N2O5/c1-6-8-15(9-7-2)21(3)19(26)23(20(27)22(21)4)13-17(25)14-10-11-18(28-5)16(24)12-14/h10-12,15,24H,6-9,13H2,1-5H3. The van der Waals surface area contributed by atoms with E-state index >= 15 is 0 Å². The number of hydrogen-bond acceptors (Lipinski definition) is 5. The summed E-state index contributed by atoms with van der Waals surface area (Å²) in [7, 11) is 3.04. The Kier molecular flexibility index (Phi) is 6.69. The van der Waals surface area contributed by atoms with Crippen molar-refractivity contribution in [3.05, 3.63) is 23.8 Å². The Morgan fingerprint density at radius 3 is 2.32 bits per heavy atom. The normalized spacial score (nSPS) is 19.6. The second kappa shape index (κ2) is 8.63. The number of carbonyl (C=O) groups excluding carboxylic acids is 3. The lowest BCUT2D eigenvalue weighted by atomic mass is 9.78. The first-order valence-corrected chi connectivity index (χ1v) is 9.72. The SMILES string of the molecule is CCCC(CCC)C1(C)C(=O)N(CC(=O)c2ccc(OC)c(O)c2)C(=O)N1C. The van der Waals surface area contributed by atoms with Crippen molar-refractivity contribution in [2.75, 3.05) is 20.7 Å². The third kappa shape index (κ3) is 3.70. The van der Waals surface area contributed by atoms with Crippen molar-refractivity contribution >= 4 is 17.7 Å². The molecule has 1 atom stereocenters. The second-order valence-corrected chi connectivity index (χ2v) is 7.46. The molecular weight excluding hydrogens is 360 g/mol. The third-order valence-corrected chi connectivity index (χ3v) is 5.76. The Morgan fingerprint density at radius 2 is 1.82 bits per heavy atom. The largest absolute Gasteiger partial charge is 0.504 e. The van der Waals surface area contributed by atoms with Crippen LogP contribution in [-0.2, 0) is 4.79 Å². The molecule has 0 aromatic heterocycles. The fourth-order valence-corrected chi connectivity index (χ4v) is 3.97. The van der Waals surface area contributed by atoms with Crippen molar-refractivity contribution in [2.45, 2.75) is 52.0 Å². The van der Waals surface area contributed by atoms with Crippen LogP contribution in [0.5, 0.6) is 11.5 Å². The highest BCUT2D eigenvalue weighted by Gasteiger charge is 2.56. The molecule has 1 aromatic rings. The highest BCUT2D eigenvalue weighted by atomic mass is 16.5. The van der Waals surface area contributed by atoms with Crippen molar-refractivity contribution in [2.24, 2.45) is 5.92 Å². The Balaban J connectivity index is 2.27. The van der Waals surface area contributed by atoms with Crippen LogP contribution in [0.3, 0.4) is 0 Å². The summed E-state index contributed by atoms with van der Waals surface area (Å²) in [5, 5.41) is 9.89. The van der Waals surface area contributed by atoms with Crippen molar-refractivity contribution in [1.29, 1.82) is 0 Å². The first-order valence-electron chi connectivity index (χ1n) is 9.72. The van der Waals surface area contributed by atoms with E-state index in [1.54, 1.807) is 14.0 Å². The maximum absolute atomic E-state index is 13.2. The van der Waals surface area contributed by atoms with Gasteiger partial charge in [0.15, 0.2) is 17.3 Å². The number of imide groups is 1. The Bertz CT molecular complexity index is 757. The number of aromatic hydroxyl groups is 1. The number of benzene rings is 1. The molecule has 0 spiro atoms. The summed E-state index contributed by atoms with van der Waals surface area (Å²) in [5.74, 6) is -0.633. The molecule has 28 heavy (non-hydrogen) atoms. The molecule has 154 valence electrons. The van der Waals surface area contributed by atoms with Gasteiger partial charge < -0.3 is 14.7 Å². The molecule has 0 saturated carbocycles. The summed E-state index contributed by atoms with van der Waals surface area (Å²) < 4.78 is 4.97. The van der Waals surface area contributed by atoms with E-state index in [0.29, 0.717) is 0 Å². The number of urea groups is 1. The number of methoxy groups -OCH3 is 1. The molecule has 1 fully saturated rings. The van der Waals surface area contributed by atoms with Gasteiger partial charge in [0, 0.05) is 12.6 Å². The van der Waals surface area contributed by atoms with Crippen LogP contribution >= 0.6 is 0 Å². The van der Waals surface area contributed by atoms with E-state index in [4.69, 9.17) is 4.74 Å². The number of phenolic OH excluding ortho intramolecular Hbond substituents is 1. The van der Waals surface area contributed by atoms with Gasteiger partial charge in [0.25, 0.3) is 5.91 Å². The van der Waals surface area contributed by atoms with Crippen LogP contribution < -0.4 is 4.74 Å². The molecule has 1 saturated heterocycles. The number of rotatable bonds is 9. The zero-order chi connectivity index (χ0) is 21.1. The van der Waals surface area contributed by atoms with Gasteiger partial charge in [-0.05, 0) is 43.9 Å². The van der Waals surface area contributed by atoms with Gasteiger partial charge in [-0.2, -0.15) is 0 Å². The topological polar surface area (TPSA) is 87.1 Å². The van der Waals surface area contributed by atoms with E-state index in [1.165, 1.54) is 30.2 Å². The minimum Gasteiger partial charge on any atom is -0.504 e. The Morgan fingerprint density at radius 1 is 1.21 bits per heavy atom. The quantitative estimate of drug-likeness (QED) is 0.515. The van der Waals surface area contributed by atoms with Crippen LogP contribution in [0, 0.1) is 5.92 Å². The summed E-state index contributed by atoms with van der Waals surface area (Å²) in [6.07, 6.45) is 3.50. The number of nitrogens with zero attached hydrogens (tertiary/aromatic N) is 2. The zero-order valence-electron chi connectivity index (χ0n) is 17.3. The molecule has 0 radical (unpaired) electrons. The minimum atomic E-state index is -0.953. The summed E-state index contributed by atoms with van der Waals surface area (Å²) >= 11 is 0. The maximum Gasteiger partial charge on any atom is 0.327 e. The van der Waals surface area contributed by atoms with Gasteiger partial charge in [0.1, 0.15) is 5.54 Å². The Hall–Kier alpha value is -2.57. The van der Waals surface area contributed by atoms with Crippen LogP contribution in [0.1, 0.15) is 56.8 Å². The van der Waals surface area contributed by atoms with E-state index in [9.17, 15) is 19.5 Å². The summed E-state index contributed by atoms with van der Waals surface area (Å²) in [4.78, 5) is 41.2. The van der Waals surface area contributed by atoms with Crippen molar-refractivity contribution < 1.29 is 24.2 Å². The molecule has 1 N–H and O–H groups in total. The van der Waals surface area contributed by atoms with Crippen LogP contribution in [-0.4, -0.2) is 58.9 Å². The molecule has 1 aliphatic heterocycles. The van der Waals surface area contributed by atoms with Gasteiger partial charge in [0.2, 0.25) is 0 Å². The lowest BCUT2D eigenvalue weighted by molar-refractivity contribution is -0.134. The van der Waals surface area contributed by atoms with E-state index in [-0.39, 0.29) is 35.4 Å². The van der Waals surface area contributed by atoms with Crippen LogP contribution in [0.15, 0.2) is 18.2 Å². The smallest absolute Gasteiger partial charge is 0.327 e. The minimum absolute atomic E-state index is 0.0362. The van der Waals surface area contributed by atoms with Gasteiger partial charge in [0.05, 0.1) is 13.7 Å². The van der Waals surface area contributed by atoms with Crippen LogP contribution in [0.4, 0.5) is 4.79 Å². The zero-order valence-corrected chi connectivity index (χ0v) is 17.3. The molecule has 7 heteroatoms. The van der Waals surface area contributed by atoms with Gasteiger partial charge in [-0.3, -0.25) is 14.5 Å².